The number of rotatable bonds is 5. The van der Waals surface area contributed by atoms with Crippen LogP contribution in [0.1, 0.15) is 11.7 Å². The Balaban J connectivity index is 2.12. The number of nitrogens with one attached hydrogen (secondary N) is 1. The summed E-state index contributed by atoms with van der Waals surface area (Å²) in [6.45, 7) is 0.191. The lowest BCUT2D eigenvalue weighted by atomic mass is 10.1. The average Bonchev–Trinajstić information content (AvgIpc) is 2.45. The van der Waals surface area contributed by atoms with Gasteiger partial charge in [-0.15, -0.1) is 0 Å². The Hall–Kier alpha value is -1.89. The zero-order chi connectivity index (χ0) is 14.6. The normalized spacial score (nSPS) is 12.9. The van der Waals surface area contributed by atoms with E-state index in [9.17, 15) is 13.5 Å². The molecule has 0 aliphatic carbocycles. The molecule has 0 aliphatic rings. The Morgan fingerprint density at radius 2 is 1.65 bits per heavy atom. The Morgan fingerprint density at radius 1 is 1.05 bits per heavy atom. The highest BCUT2D eigenvalue weighted by Gasteiger charge is 2.14. The highest BCUT2D eigenvalue weighted by molar-refractivity contribution is 7.89. The summed E-state index contributed by atoms with van der Waals surface area (Å²) >= 11 is 0. The van der Waals surface area contributed by atoms with E-state index in [-0.39, 0.29) is 11.4 Å². The molecule has 106 valence electrons. The molecule has 2 rings (SSSR count). The van der Waals surface area contributed by atoms with Crippen LogP contribution in [0.25, 0.3) is 0 Å². The standard InChI is InChI=1S/C14H16N2O3S/c15-20(18,19)14-9-5-4-8-12(14)16-10-13(17)11-6-2-1-3-7-11/h1-9,13,16-17H,10H2,(H2,15,18,19). The number of hydrogen-bond donors (Lipinski definition) is 3. The molecule has 0 saturated carbocycles. The average molecular weight is 292 g/mol. The predicted molar refractivity (Wildman–Crippen MR) is 77.7 cm³/mol. The summed E-state index contributed by atoms with van der Waals surface area (Å²) < 4.78 is 22.9. The van der Waals surface area contributed by atoms with Gasteiger partial charge in [-0.25, -0.2) is 13.6 Å². The van der Waals surface area contributed by atoms with Gasteiger partial charge in [0, 0.05) is 6.54 Å². The number of aliphatic hydroxyl groups excluding tert-OH is 1. The van der Waals surface area contributed by atoms with Gasteiger partial charge in [0.2, 0.25) is 10.0 Å². The number of aliphatic hydroxyl groups is 1. The minimum atomic E-state index is -3.79. The summed E-state index contributed by atoms with van der Waals surface area (Å²) in [5.41, 5.74) is 1.14. The molecule has 2 aromatic rings. The van der Waals surface area contributed by atoms with Crippen molar-refractivity contribution in [1.82, 2.24) is 0 Å². The van der Waals surface area contributed by atoms with E-state index >= 15 is 0 Å². The van der Waals surface area contributed by atoms with E-state index in [1.807, 2.05) is 18.2 Å². The lowest BCUT2D eigenvalue weighted by Crippen LogP contribution is -2.17. The van der Waals surface area contributed by atoms with Crippen molar-refractivity contribution in [3.8, 4) is 0 Å². The van der Waals surface area contributed by atoms with E-state index in [1.165, 1.54) is 6.07 Å². The highest BCUT2D eigenvalue weighted by atomic mass is 32.2. The fourth-order valence-corrected chi connectivity index (χ4v) is 2.58. The third kappa shape index (κ3) is 3.57. The first-order valence-corrected chi connectivity index (χ1v) is 7.62. The van der Waals surface area contributed by atoms with Gasteiger partial charge < -0.3 is 10.4 Å². The van der Waals surface area contributed by atoms with E-state index in [4.69, 9.17) is 5.14 Å². The largest absolute Gasteiger partial charge is 0.387 e. The second kappa shape index (κ2) is 6.04. The second-order valence-electron chi connectivity index (χ2n) is 4.35. The van der Waals surface area contributed by atoms with Crippen molar-refractivity contribution >= 4 is 15.7 Å². The molecule has 20 heavy (non-hydrogen) atoms. The maximum atomic E-state index is 11.4. The second-order valence-corrected chi connectivity index (χ2v) is 5.88. The fraction of sp³-hybridized carbons (Fsp3) is 0.143. The number of sulfonamides is 1. The van der Waals surface area contributed by atoms with Crippen molar-refractivity contribution in [1.29, 1.82) is 0 Å². The first-order chi connectivity index (χ1) is 9.48. The van der Waals surface area contributed by atoms with Crippen LogP contribution < -0.4 is 10.5 Å². The molecule has 1 unspecified atom stereocenters. The molecule has 4 N–H and O–H groups in total. The predicted octanol–water partition coefficient (Wildman–Crippen LogP) is 1.48. The Bertz CT molecular complexity index is 672. The van der Waals surface area contributed by atoms with Gasteiger partial charge >= 0.3 is 0 Å². The van der Waals surface area contributed by atoms with E-state index in [0.29, 0.717) is 5.69 Å². The maximum absolute atomic E-state index is 11.4. The molecule has 0 bridgehead atoms. The molecule has 2 aromatic carbocycles. The maximum Gasteiger partial charge on any atom is 0.240 e. The molecule has 0 heterocycles. The van der Waals surface area contributed by atoms with Gasteiger partial charge in [0.25, 0.3) is 0 Å². The SMILES string of the molecule is NS(=O)(=O)c1ccccc1NCC(O)c1ccccc1. The van der Waals surface area contributed by atoms with Gasteiger partial charge in [0.15, 0.2) is 0 Å². The summed E-state index contributed by atoms with van der Waals surface area (Å²) in [5, 5.41) is 18.1. The third-order valence-electron chi connectivity index (χ3n) is 2.86. The van der Waals surface area contributed by atoms with E-state index in [2.05, 4.69) is 5.32 Å². The first kappa shape index (κ1) is 14.5. The van der Waals surface area contributed by atoms with Crippen molar-refractivity contribution in [3.05, 3.63) is 60.2 Å². The van der Waals surface area contributed by atoms with Crippen molar-refractivity contribution < 1.29 is 13.5 Å². The van der Waals surface area contributed by atoms with Gasteiger partial charge in [-0.2, -0.15) is 0 Å². The third-order valence-corrected chi connectivity index (χ3v) is 3.83. The molecule has 0 fully saturated rings. The molecular formula is C14H16N2O3S. The Morgan fingerprint density at radius 3 is 2.30 bits per heavy atom. The highest BCUT2D eigenvalue weighted by Crippen LogP contribution is 2.21. The van der Waals surface area contributed by atoms with Crippen molar-refractivity contribution in [2.24, 2.45) is 5.14 Å². The van der Waals surface area contributed by atoms with Gasteiger partial charge in [0.1, 0.15) is 4.90 Å². The van der Waals surface area contributed by atoms with Crippen LogP contribution in [0.4, 0.5) is 5.69 Å². The van der Waals surface area contributed by atoms with Crippen LogP contribution in [-0.2, 0) is 10.0 Å². The quantitative estimate of drug-likeness (QED) is 0.778. The number of anilines is 1. The van der Waals surface area contributed by atoms with Gasteiger partial charge in [0.05, 0.1) is 11.8 Å². The smallest absolute Gasteiger partial charge is 0.240 e. The minimum absolute atomic E-state index is 0.0141. The van der Waals surface area contributed by atoms with Crippen molar-refractivity contribution in [3.63, 3.8) is 0 Å². The molecule has 0 saturated heterocycles. The van der Waals surface area contributed by atoms with E-state index < -0.39 is 16.1 Å². The molecule has 1 atom stereocenters. The number of benzene rings is 2. The lowest BCUT2D eigenvalue weighted by Gasteiger charge is -2.15. The Kier molecular flexibility index (Phi) is 4.39. The lowest BCUT2D eigenvalue weighted by molar-refractivity contribution is 0.191. The summed E-state index contributed by atoms with van der Waals surface area (Å²) in [6.07, 6.45) is -0.732. The molecule has 6 heteroatoms. The van der Waals surface area contributed by atoms with Crippen molar-refractivity contribution in [2.45, 2.75) is 11.0 Å². The molecular weight excluding hydrogens is 276 g/mol. The first-order valence-electron chi connectivity index (χ1n) is 6.07. The van der Waals surface area contributed by atoms with E-state index in [0.717, 1.165) is 5.56 Å². The molecule has 0 amide bonds. The van der Waals surface area contributed by atoms with Crippen LogP contribution in [0, 0.1) is 0 Å². The zero-order valence-corrected chi connectivity index (χ0v) is 11.5. The zero-order valence-electron chi connectivity index (χ0n) is 10.7. The summed E-state index contributed by atoms with van der Waals surface area (Å²) in [5.74, 6) is 0. The van der Waals surface area contributed by atoms with Crippen LogP contribution in [0.2, 0.25) is 0 Å². The summed E-state index contributed by atoms with van der Waals surface area (Å²) in [6, 6.07) is 15.5. The molecule has 0 aromatic heterocycles. The number of primary sulfonamides is 1. The van der Waals surface area contributed by atoms with Crippen LogP contribution in [-0.4, -0.2) is 20.1 Å². The van der Waals surface area contributed by atoms with Gasteiger partial charge in [-0.05, 0) is 17.7 Å². The van der Waals surface area contributed by atoms with E-state index in [1.54, 1.807) is 30.3 Å². The Labute approximate surface area is 118 Å². The van der Waals surface area contributed by atoms with Crippen LogP contribution in [0.15, 0.2) is 59.5 Å². The summed E-state index contributed by atoms with van der Waals surface area (Å²) in [4.78, 5) is 0.0141. The van der Waals surface area contributed by atoms with Crippen LogP contribution in [0.3, 0.4) is 0 Å². The topological polar surface area (TPSA) is 92.4 Å². The number of para-hydroxylation sites is 1. The van der Waals surface area contributed by atoms with Gasteiger partial charge in [-0.1, -0.05) is 42.5 Å². The monoisotopic (exact) mass is 292 g/mol. The van der Waals surface area contributed by atoms with Gasteiger partial charge in [-0.3, -0.25) is 0 Å². The summed E-state index contributed by atoms with van der Waals surface area (Å²) in [7, 11) is -3.79. The molecule has 0 radical (unpaired) electrons. The van der Waals surface area contributed by atoms with Crippen LogP contribution in [0.5, 0.6) is 0 Å². The number of hydrogen-bond acceptors (Lipinski definition) is 4. The molecule has 0 aliphatic heterocycles. The molecule has 0 spiro atoms. The van der Waals surface area contributed by atoms with Crippen molar-refractivity contribution in [2.75, 3.05) is 11.9 Å². The fourth-order valence-electron chi connectivity index (χ4n) is 1.86. The molecule has 5 nitrogen and oxygen atoms in total. The minimum Gasteiger partial charge on any atom is -0.387 e. The number of nitrogens with two attached hydrogens (primary N) is 1. The van der Waals surface area contributed by atoms with Crippen LogP contribution >= 0.6 is 0 Å².